The average molecular weight is 429 g/mol. The van der Waals surface area contributed by atoms with Gasteiger partial charge in [0.15, 0.2) is 9.84 Å². The summed E-state index contributed by atoms with van der Waals surface area (Å²) in [6.07, 6.45) is 0.903. The van der Waals surface area contributed by atoms with Gasteiger partial charge in [-0.15, -0.1) is 0 Å². The highest BCUT2D eigenvalue weighted by molar-refractivity contribution is 7.91. The Balaban J connectivity index is 1.71. The fourth-order valence-electron chi connectivity index (χ4n) is 3.78. The lowest BCUT2D eigenvalue weighted by Gasteiger charge is -2.22. The first-order valence-corrected chi connectivity index (χ1v) is 11.8. The Hall–Kier alpha value is -2.67. The smallest absolute Gasteiger partial charge is 0.226 e. The Labute approximate surface area is 178 Å². The van der Waals surface area contributed by atoms with Gasteiger partial charge in [0.25, 0.3) is 0 Å². The third kappa shape index (κ3) is 4.56. The molecule has 1 aliphatic rings. The zero-order valence-electron chi connectivity index (χ0n) is 17.9. The third-order valence-electron chi connectivity index (χ3n) is 5.46. The van der Waals surface area contributed by atoms with Crippen molar-refractivity contribution in [1.29, 1.82) is 0 Å². The number of anilines is 2. The molecule has 6 nitrogen and oxygen atoms in total. The second-order valence-electron chi connectivity index (χ2n) is 7.90. The first-order chi connectivity index (χ1) is 14.1. The molecule has 3 rings (SSSR count). The summed E-state index contributed by atoms with van der Waals surface area (Å²) >= 11 is 0. The standard InChI is InChI=1S/C23H28N2O4S/c1-5-23(27)25-17(4)13-18-14-19(8-9-21(18)25)30(28,29)11-10-22(26)24-20-12-15(2)6-7-16(20)3/h6-9,12,14,17H,5,10-11,13H2,1-4H3,(H,24,26)/t17-/m0/s1. The molecule has 0 unspecified atom stereocenters. The Morgan fingerprint density at radius 3 is 2.57 bits per heavy atom. The zero-order chi connectivity index (χ0) is 22.1. The molecule has 160 valence electrons. The molecule has 0 fully saturated rings. The first kappa shape index (κ1) is 22.0. The summed E-state index contributed by atoms with van der Waals surface area (Å²) in [5.74, 6) is -0.572. The summed E-state index contributed by atoms with van der Waals surface area (Å²) in [6, 6.07) is 10.6. The molecular formula is C23H28N2O4S. The summed E-state index contributed by atoms with van der Waals surface area (Å²) < 4.78 is 25.6. The molecule has 0 saturated carbocycles. The number of hydrogen-bond acceptors (Lipinski definition) is 4. The molecular weight excluding hydrogens is 400 g/mol. The highest BCUT2D eigenvalue weighted by Gasteiger charge is 2.31. The molecule has 0 radical (unpaired) electrons. The Morgan fingerprint density at radius 2 is 1.87 bits per heavy atom. The molecule has 0 spiro atoms. The topological polar surface area (TPSA) is 83.6 Å². The van der Waals surface area contributed by atoms with Gasteiger partial charge in [0, 0.05) is 30.3 Å². The van der Waals surface area contributed by atoms with Crippen LogP contribution in [-0.4, -0.2) is 32.0 Å². The van der Waals surface area contributed by atoms with E-state index in [0.29, 0.717) is 18.5 Å². The van der Waals surface area contributed by atoms with Crippen molar-refractivity contribution in [2.24, 2.45) is 0 Å². The van der Waals surface area contributed by atoms with E-state index in [1.54, 1.807) is 17.0 Å². The number of amides is 2. The van der Waals surface area contributed by atoms with Crippen LogP contribution < -0.4 is 10.2 Å². The van der Waals surface area contributed by atoms with Gasteiger partial charge in [0.1, 0.15) is 0 Å². The number of nitrogens with one attached hydrogen (secondary N) is 1. The van der Waals surface area contributed by atoms with Crippen molar-refractivity contribution in [2.75, 3.05) is 16.0 Å². The van der Waals surface area contributed by atoms with Crippen LogP contribution in [-0.2, 0) is 25.8 Å². The number of carbonyl (C=O) groups excluding carboxylic acids is 2. The minimum Gasteiger partial charge on any atom is -0.326 e. The second-order valence-corrected chi connectivity index (χ2v) is 10.0. The van der Waals surface area contributed by atoms with Crippen molar-refractivity contribution in [3.63, 3.8) is 0 Å². The van der Waals surface area contributed by atoms with E-state index in [-0.39, 0.29) is 34.9 Å². The van der Waals surface area contributed by atoms with Crippen LogP contribution in [0.1, 0.15) is 43.4 Å². The second kappa shape index (κ2) is 8.60. The Bertz CT molecular complexity index is 1090. The molecule has 1 heterocycles. The average Bonchev–Trinajstić information content (AvgIpc) is 3.03. The number of fused-ring (bicyclic) bond motifs is 1. The molecule has 2 amide bonds. The van der Waals surface area contributed by atoms with Crippen LogP contribution in [0.25, 0.3) is 0 Å². The number of sulfone groups is 1. The summed E-state index contributed by atoms with van der Waals surface area (Å²) in [6.45, 7) is 7.60. The molecule has 1 atom stereocenters. The Kier molecular flexibility index (Phi) is 6.31. The number of carbonyl (C=O) groups is 2. The van der Waals surface area contributed by atoms with E-state index >= 15 is 0 Å². The van der Waals surface area contributed by atoms with Crippen LogP contribution >= 0.6 is 0 Å². The molecule has 0 aromatic heterocycles. The number of aryl methyl sites for hydroxylation is 2. The van der Waals surface area contributed by atoms with Crippen LogP contribution in [0.3, 0.4) is 0 Å². The monoisotopic (exact) mass is 428 g/mol. The highest BCUT2D eigenvalue weighted by atomic mass is 32.2. The number of nitrogens with zero attached hydrogens (tertiary/aromatic N) is 1. The van der Waals surface area contributed by atoms with Crippen LogP contribution in [0.2, 0.25) is 0 Å². The van der Waals surface area contributed by atoms with Crippen LogP contribution in [0.5, 0.6) is 0 Å². The van der Waals surface area contributed by atoms with Gasteiger partial charge in [-0.1, -0.05) is 19.1 Å². The van der Waals surface area contributed by atoms with E-state index in [4.69, 9.17) is 0 Å². The van der Waals surface area contributed by atoms with Crippen LogP contribution in [0.15, 0.2) is 41.3 Å². The third-order valence-corrected chi connectivity index (χ3v) is 7.18. The number of rotatable bonds is 6. The maximum atomic E-state index is 12.8. The number of benzene rings is 2. The lowest BCUT2D eigenvalue weighted by atomic mass is 10.1. The van der Waals surface area contributed by atoms with Crippen LogP contribution in [0, 0.1) is 13.8 Å². The SMILES string of the molecule is CCC(=O)N1c2ccc(S(=O)(=O)CCC(=O)Nc3cc(C)ccc3C)cc2C[C@@H]1C. The van der Waals surface area contributed by atoms with Crippen molar-refractivity contribution >= 4 is 33.0 Å². The van der Waals surface area contributed by atoms with Crippen molar-refractivity contribution < 1.29 is 18.0 Å². The molecule has 7 heteroatoms. The maximum Gasteiger partial charge on any atom is 0.226 e. The largest absolute Gasteiger partial charge is 0.326 e. The predicted octanol–water partition coefficient (Wildman–Crippen LogP) is 3.79. The van der Waals surface area contributed by atoms with Gasteiger partial charge in [-0.2, -0.15) is 0 Å². The van der Waals surface area contributed by atoms with E-state index < -0.39 is 9.84 Å². The molecule has 0 aliphatic carbocycles. The van der Waals surface area contributed by atoms with Gasteiger partial charge < -0.3 is 10.2 Å². The molecule has 2 aromatic carbocycles. The summed E-state index contributed by atoms with van der Waals surface area (Å²) in [4.78, 5) is 26.5. The maximum absolute atomic E-state index is 12.8. The summed E-state index contributed by atoms with van der Waals surface area (Å²) in [7, 11) is -3.61. The molecule has 1 aliphatic heterocycles. The van der Waals surface area contributed by atoms with Gasteiger partial charge in [0.2, 0.25) is 11.8 Å². The van der Waals surface area contributed by atoms with Crippen LogP contribution in [0.4, 0.5) is 11.4 Å². The zero-order valence-corrected chi connectivity index (χ0v) is 18.7. The van der Waals surface area contributed by atoms with Crippen molar-refractivity contribution in [1.82, 2.24) is 0 Å². The van der Waals surface area contributed by atoms with Gasteiger partial charge in [-0.05, 0) is 68.1 Å². The van der Waals surface area contributed by atoms with Gasteiger partial charge in [0.05, 0.1) is 10.6 Å². The van der Waals surface area contributed by atoms with E-state index in [2.05, 4.69) is 5.32 Å². The van der Waals surface area contributed by atoms with E-state index in [1.807, 2.05) is 45.9 Å². The fraction of sp³-hybridized carbons (Fsp3) is 0.391. The normalized spacial score (nSPS) is 15.7. The van der Waals surface area contributed by atoms with Gasteiger partial charge in [-0.3, -0.25) is 9.59 Å². The molecule has 2 aromatic rings. The minimum atomic E-state index is -3.61. The summed E-state index contributed by atoms with van der Waals surface area (Å²) in [5.41, 5.74) is 4.28. The lowest BCUT2D eigenvalue weighted by Crippen LogP contribution is -2.35. The fourth-order valence-corrected chi connectivity index (χ4v) is 5.07. The summed E-state index contributed by atoms with van der Waals surface area (Å²) in [5, 5.41) is 2.80. The van der Waals surface area contributed by atoms with Crippen molar-refractivity contribution in [2.45, 2.75) is 57.9 Å². The van der Waals surface area contributed by atoms with E-state index in [0.717, 1.165) is 22.4 Å². The van der Waals surface area contributed by atoms with Gasteiger partial charge in [-0.25, -0.2) is 8.42 Å². The predicted molar refractivity (Wildman–Crippen MR) is 119 cm³/mol. The molecule has 0 saturated heterocycles. The highest BCUT2D eigenvalue weighted by Crippen LogP contribution is 2.34. The lowest BCUT2D eigenvalue weighted by molar-refractivity contribution is -0.118. The molecule has 0 bridgehead atoms. The van der Waals surface area contributed by atoms with Crippen molar-refractivity contribution in [3.05, 3.63) is 53.1 Å². The minimum absolute atomic E-state index is 0.00810. The van der Waals surface area contributed by atoms with Gasteiger partial charge >= 0.3 is 0 Å². The first-order valence-electron chi connectivity index (χ1n) is 10.2. The van der Waals surface area contributed by atoms with E-state index in [1.165, 1.54) is 6.07 Å². The quantitative estimate of drug-likeness (QED) is 0.759. The van der Waals surface area contributed by atoms with E-state index in [9.17, 15) is 18.0 Å². The number of hydrogen-bond donors (Lipinski definition) is 1. The Morgan fingerprint density at radius 1 is 1.13 bits per heavy atom. The van der Waals surface area contributed by atoms with Crippen molar-refractivity contribution in [3.8, 4) is 0 Å². The molecule has 30 heavy (non-hydrogen) atoms. The molecule has 1 N–H and O–H groups in total.